The molecule has 1 aromatic carbocycles. The predicted molar refractivity (Wildman–Crippen MR) is 76.1 cm³/mol. The van der Waals surface area contributed by atoms with E-state index in [2.05, 4.69) is 20.2 Å². The van der Waals surface area contributed by atoms with E-state index in [1.165, 1.54) is 29.7 Å². The summed E-state index contributed by atoms with van der Waals surface area (Å²) in [5.74, 6) is -0.395. The molecule has 0 aliphatic carbocycles. The normalized spacial score (nSPS) is 12.1. The summed E-state index contributed by atoms with van der Waals surface area (Å²) in [7, 11) is 0. The Labute approximate surface area is 127 Å². The third-order valence-electron chi connectivity index (χ3n) is 2.40. The van der Waals surface area contributed by atoms with Crippen molar-refractivity contribution in [2.75, 3.05) is 5.43 Å². The Balaban J connectivity index is 2.11. The van der Waals surface area contributed by atoms with Gasteiger partial charge in [0, 0.05) is 10.9 Å². The number of hydrogen-bond donors (Lipinski definition) is 1. The molecule has 0 radical (unpaired) electrons. The number of hydrogen-bond acceptors (Lipinski definition) is 5. The number of halogens is 4. The number of nitrogens with one attached hydrogen (secondary N) is 1. The molecule has 1 aromatic heterocycles. The lowest BCUT2D eigenvalue weighted by molar-refractivity contribution is -0.253. The Kier molecular flexibility index (Phi) is 4.96. The van der Waals surface area contributed by atoms with Crippen LogP contribution < -0.4 is 10.2 Å². The van der Waals surface area contributed by atoms with Gasteiger partial charge in [-0.1, -0.05) is 12.1 Å². The number of aromatic nitrogens is 1. The van der Waals surface area contributed by atoms with Crippen LogP contribution in [0.15, 0.2) is 34.7 Å². The number of aryl methyl sites for hydroxylation is 1. The highest BCUT2D eigenvalue weighted by molar-refractivity contribution is 7.13. The number of benzene rings is 1. The summed E-state index contributed by atoms with van der Waals surface area (Å²) in [6.07, 6.45) is -7.30. The van der Waals surface area contributed by atoms with E-state index < -0.39 is 18.3 Å². The van der Waals surface area contributed by atoms with Crippen molar-refractivity contribution in [3.8, 4) is 5.75 Å². The van der Waals surface area contributed by atoms with Crippen LogP contribution in [0.1, 0.15) is 11.3 Å². The summed E-state index contributed by atoms with van der Waals surface area (Å²) >= 11 is 1.32. The lowest BCUT2D eigenvalue weighted by Crippen LogP contribution is -2.33. The van der Waals surface area contributed by atoms with Gasteiger partial charge in [0.25, 0.3) is 0 Å². The summed E-state index contributed by atoms with van der Waals surface area (Å²) in [4.78, 5) is 4.09. The maximum Gasteiger partial charge on any atom is 0.461 e. The van der Waals surface area contributed by atoms with Crippen molar-refractivity contribution in [2.45, 2.75) is 19.5 Å². The van der Waals surface area contributed by atoms with Crippen molar-refractivity contribution in [3.63, 3.8) is 0 Å². The molecule has 0 aliphatic heterocycles. The van der Waals surface area contributed by atoms with E-state index in [0.717, 1.165) is 11.8 Å². The van der Waals surface area contributed by atoms with Gasteiger partial charge in [-0.05, 0) is 19.1 Å². The molecule has 0 atom stereocenters. The van der Waals surface area contributed by atoms with Gasteiger partial charge in [-0.15, -0.1) is 11.3 Å². The Morgan fingerprint density at radius 2 is 2.09 bits per heavy atom. The van der Waals surface area contributed by atoms with Crippen molar-refractivity contribution in [1.82, 2.24) is 4.98 Å². The van der Waals surface area contributed by atoms with Gasteiger partial charge >= 0.3 is 12.5 Å². The number of ether oxygens (including phenoxy) is 1. The van der Waals surface area contributed by atoms with Crippen molar-refractivity contribution in [2.24, 2.45) is 5.10 Å². The second-order valence-electron chi connectivity index (χ2n) is 4.17. The maximum absolute atomic E-state index is 13.0. The fraction of sp³-hybridized carbons (Fsp3) is 0.231. The molecule has 0 unspecified atom stereocenters. The van der Waals surface area contributed by atoms with E-state index >= 15 is 0 Å². The molecule has 0 bridgehead atoms. The average molecular weight is 333 g/mol. The summed E-state index contributed by atoms with van der Waals surface area (Å²) in [6, 6.07) is 5.51. The van der Waals surface area contributed by atoms with E-state index in [0.29, 0.717) is 5.13 Å². The van der Waals surface area contributed by atoms with Crippen LogP contribution in [0.4, 0.5) is 22.7 Å². The lowest BCUT2D eigenvalue weighted by atomic mass is 10.2. The molecule has 1 heterocycles. The van der Waals surface area contributed by atoms with Crippen molar-refractivity contribution in [1.29, 1.82) is 0 Å². The summed E-state index contributed by atoms with van der Waals surface area (Å²) in [6.45, 7) is 1.81. The minimum atomic E-state index is -4.57. The molecule has 118 valence electrons. The molecule has 9 heteroatoms. The third-order valence-corrected chi connectivity index (χ3v) is 3.27. The van der Waals surface area contributed by atoms with Crippen LogP contribution in [0.2, 0.25) is 0 Å². The number of nitrogens with zero attached hydrogens (tertiary/aromatic N) is 2. The molecular formula is C13H11F4N3OS. The van der Waals surface area contributed by atoms with Gasteiger partial charge in [0.15, 0.2) is 0 Å². The molecule has 0 aliphatic rings. The minimum absolute atomic E-state index is 0.128. The van der Waals surface area contributed by atoms with E-state index in [4.69, 9.17) is 0 Å². The fourth-order valence-corrected chi connectivity index (χ4v) is 2.07. The molecule has 0 saturated heterocycles. The predicted octanol–water partition coefficient (Wildman–Crippen LogP) is 4.13. The molecule has 0 spiro atoms. The van der Waals surface area contributed by atoms with Crippen LogP contribution in [0.25, 0.3) is 0 Å². The van der Waals surface area contributed by atoms with Crippen LogP contribution in [-0.4, -0.2) is 23.7 Å². The maximum atomic E-state index is 13.0. The zero-order chi connectivity index (χ0) is 16.2. The van der Waals surface area contributed by atoms with Crippen LogP contribution in [0, 0.1) is 6.92 Å². The number of para-hydroxylation sites is 1. The van der Waals surface area contributed by atoms with E-state index in [1.54, 1.807) is 18.4 Å². The van der Waals surface area contributed by atoms with Crippen LogP contribution >= 0.6 is 11.3 Å². The first kappa shape index (κ1) is 16.2. The standard InChI is InChI=1S/C13H11F4N3OS/c1-8-7-22-12(19-8)20-18-6-9-4-2-3-5-10(9)21-13(16,17)11(14)15/h2-7,11H,1H3,(H,19,20). The van der Waals surface area contributed by atoms with Crippen LogP contribution in [-0.2, 0) is 0 Å². The highest BCUT2D eigenvalue weighted by Gasteiger charge is 2.44. The van der Waals surface area contributed by atoms with Crippen molar-refractivity contribution in [3.05, 3.63) is 40.9 Å². The highest BCUT2D eigenvalue weighted by Crippen LogP contribution is 2.29. The Bertz CT molecular complexity index is 660. The van der Waals surface area contributed by atoms with Crippen LogP contribution in [0.3, 0.4) is 0 Å². The molecule has 4 nitrogen and oxygen atoms in total. The van der Waals surface area contributed by atoms with Gasteiger partial charge < -0.3 is 4.74 Å². The molecular weight excluding hydrogens is 322 g/mol. The van der Waals surface area contributed by atoms with E-state index in [1.807, 2.05) is 0 Å². The Morgan fingerprint density at radius 3 is 2.73 bits per heavy atom. The van der Waals surface area contributed by atoms with Crippen molar-refractivity contribution < 1.29 is 22.3 Å². The van der Waals surface area contributed by atoms with E-state index in [9.17, 15) is 17.6 Å². The second-order valence-corrected chi connectivity index (χ2v) is 5.02. The van der Waals surface area contributed by atoms with Gasteiger partial charge in [-0.2, -0.15) is 22.7 Å². The molecule has 2 rings (SSSR count). The number of hydrazone groups is 1. The van der Waals surface area contributed by atoms with Gasteiger partial charge in [0.2, 0.25) is 5.13 Å². The first-order valence-electron chi connectivity index (χ1n) is 6.03. The quantitative estimate of drug-likeness (QED) is 0.491. The topological polar surface area (TPSA) is 46.5 Å². The summed E-state index contributed by atoms with van der Waals surface area (Å²) in [5.41, 5.74) is 3.55. The number of anilines is 1. The largest absolute Gasteiger partial charge is 0.461 e. The SMILES string of the molecule is Cc1csc(NN=Cc2ccccc2OC(F)(F)C(F)F)n1. The fourth-order valence-electron chi connectivity index (χ4n) is 1.43. The highest BCUT2D eigenvalue weighted by atomic mass is 32.1. The van der Waals surface area contributed by atoms with Gasteiger partial charge in [-0.3, -0.25) is 5.43 Å². The summed E-state index contributed by atoms with van der Waals surface area (Å²) < 4.78 is 54.4. The number of rotatable bonds is 6. The molecule has 2 aromatic rings. The zero-order valence-electron chi connectivity index (χ0n) is 11.3. The molecule has 1 N–H and O–H groups in total. The first-order chi connectivity index (χ1) is 10.4. The number of thiazole rings is 1. The van der Waals surface area contributed by atoms with E-state index in [-0.39, 0.29) is 5.56 Å². The second kappa shape index (κ2) is 6.73. The molecule has 22 heavy (non-hydrogen) atoms. The Hall–Kier alpha value is -2.16. The smallest absolute Gasteiger partial charge is 0.428 e. The first-order valence-corrected chi connectivity index (χ1v) is 6.91. The lowest BCUT2D eigenvalue weighted by Gasteiger charge is -2.17. The zero-order valence-corrected chi connectivity index (χ0v) is 12.1. The van der Waals surface area contributed by atoms with Gasteiger partial charge in [-0.25, -0.2) is 4.98 Å². The third kappa shape index (κ3) is 4.17. The Morgan fingerprint density at radius 1 is 1.36 bits per heavy atom. The summed E-state index contributed by atoms with van der Waals surface area (Å²) in [5, 5.41) is 6.14. The average Bonchev–Trinajstić information content (AvgIpc) is 2.86. The minimum Gasteiger partial charge on any atom is -0.428 e. The monoisotopic (exact) mass is 333 g/mol. The van der Waals surface area contributed by atoms with Crippen LogP contribution in [0.5, 0.6) is 5.75 Å². The van der Waals surface area contributed by atoms with Gasteiger partial charge in [0.1, 0.15) is 5.75 Å². The number of alkyl halides is 4. The molecule has 0 fully saturated rings. The van der Waals surface area contributed by atoms with Crippen molar-refractivity contribution >= 4 is 22.7 Å². The molecule has 0 saturated carbocycles. The van der Waals surface area contributed by atoms with Gasteiger partial charge in [0.05, 0.1) is 11.9 Å². The molecule has 0 amide bonds.